The molecular formula is C19H24N2O4S2. The molecule has 0 spiro atoms. The summed E-state index contributed by atoms with van der Waals surface area (Å²) in [5, 5.41) is 8.62. The Morgan fingerprint density at radius 3 is 2.44 bits per heavy atom. The summed E-state index contributed by atoms with van der Waals surface area (Å²) in [5.74, 6) is -0.346. The number of rotatable bonds is 6. The summed E-state index contributed by atoms with van der Waals surface area (Å²) < 4.78 is 10.7. The largest absolute Gasteiger partial charge is 0.463 e. The lowest BCUT2D eigenvalue weighted by molar-refractivity contribution is -0.139. The van der Waals surface area contributed by atoms with Crippen LogP contribution in [0.5, 0.6) is 0 Å². The van der Waals surface area contributed by atoms with Crippen molar-refractivity contribution in [2.45, 2.75) is 32.1 Å². The minimum Gasteiger partial charge on any atom is -0.463 e. The van der Waals surface area contributed by atoms with E-state index in [0.29, 0.717) is 16.8 Å². The zero-order valence-corrected chi connectivity index (χ0v) is 17.3. The predicted octanol–water partition coefficient (Wildman–Crippen LogP) is 2.75. The van der Waals surface area contributed by atoms with Crippen molar-refractivity contribution in [2.24, 2.45) is 0 Å². The van der Waals surface area contributed by atoms with Crippen LogP contribution in [0.2, 0.25) is 0 Å². The van der Waals surface area contributed by atoms with E-state index in [1.54, 1.807) is 25.6 Å². The van der Waals surface area contributed by atoms with Gasteiger partial charge in [-0.3, -0.25) is 5.32 Å². The van der Waals surface area contributed by atoms with Gasteiger partial charge in [0.1, 0.15) is 0 Å². The molecule has 1 fully saturated rings. The molecule has 2 aliphatic rings. The van der Waals surface area contributed by atoms with Gasteiger partial charge in [0, 0.05) is 22.9 Å². The monoisotopic (exact) mass is 408 g/mol. The minimum absolute atomic E-state index is 0.0365. The highest BCUT2D eigenvalue weighted by molar-refractivity contribution is 8.00. The Hall–Kier alpha value is -1.77. The van der Waals surface area contributed by atoms with Gasteiger partial charge in [-0.2, -0.15) is 0 Å². The molecule has 8 heteroatoms. The van der Waals surface area contributed by atoms with Crippen molar-refractivity contribution in [3.8, 4) is 0 Å². The molecule has 0 saturated carbocycles. The fourth-order valence-electron chi connectivity index (χ4n) is 3.33. The fourth-order valence-corrected chi connectivity index (χ4v) is 5.23. The Labute approximate surface area is 167 Å². The van der Waals surface area contributed by atoms with Crippen molar-refractivity contribution in [3.05, 3.63) is 44.9 Å². The second-order valence-corrected chi connectivity index (χ2v) is 8.28. The Balaban J connectivity index is 2.15. The first-order valence-corrected chi connectivity index (χ1v) is 11.0. The molecule has 0 aromatic carbocycles. The van der Waals surface area contributed by atoms with Gasteiger partial charge in [-0.1, -0.05) is 6.07 Å². The summed E-state index contributed by atoms with van der Waals surface area (Å²) in [6.07, 6.45) is 0. The van der Waals surface area contributed by atoms with E-state index >= 15 is 0 Å². The summed E-state index contributed by atoms with van der Waals surface area (Å²) in [7, 11) is 0. The molecule has 6 nitrogen and oxygen atoms in total. The van der Waals surface area contributed by atoms with Crippen molar-refractivity contribution in [2.75, 3.05) is 25.5 Å². The van der Waals surface area contributed by atoms with Gasteiger partial charge in [-0.15, -0.1) is 23.1 Å². The van der Waals surface area contributed by atoms with Crippen molar-refractivity contribution in [1.82, 2.24) is 10.6 Å². The first-order valence-electron chi connectivity index (χ1n) is 9.02. The highest BCUT2D eigenvalue weighted by atomic mass is 32.2. The van der Waals surface area contributed by atoms with Crippen molar-refractivity contribution in [1.29, 1.82) is 0 Å². The van der Waals surface area contributed by atoms with Gasteiger partial charge in [0.2, 0.25) is 0 Å². The Bertz CT molecular complexity index is 765. The van der Waals surface area contributed by atoms with Crippen LogP contribution in [0.25, 0.3) is 0 Å². The minimum atomic E-state index is -0.498. The van der Waals surface area contributed by atoms with Gasteiger partial charge in [0.25, 0.3) is 0 Å². The molecule has 2 N–H and O–H groups in total. The summed E-state index contributed by atoms with van der Waals surface area (Å²) in [5.41, 5.74) is 2.44. The average Bonchev–Trinajstić information content (AvgIpc) is 3.34. The molecule has 2 aliphatic heterocycles. The Kier molecular flexibility index (Phi) is 6.62. The zero-order valence-electron chi connectivity index (χ0n) is 15.7. The van der Waals surface area contributed by atoms with Crippen molar-refractivity contribution >= 4 is 35.0 Å². The second kappa shape index (κ2) is 8.95. The summed E-state index contributed by atoms with van der Waals surface area (Å²) in [4.78, 5) is 26.7. The molecule has 3 rings (SSSR count). The molecule has 0 unspecified atom stereocenters. The molecule has 1 aromatic rings. The number of ether oxygens (including phenoxy) is 2. The second-order valence-electron chi connectivity index (χ2n) is 6.09. The van der Waals surface area contributed by atoms with Crippen LogP contribution >= 0.6 is 23.1 Å². The number of hydrogen-bond acceptors (Lipinski definition) is 8. The topological polar surface area (TPSA) is 76.7 Å². The number of carbonyl (C=O) groups excluding carboxylic acids is 2. The van der Waals surface area contributed by atoms with Gasteiger partial charge < -0.3 is 14.8 Å². The Morgan fingerprint density at radius 2 is 1.89 bits per heavy atom. The summed E-state index contributed by atoms with van der Waals surface area (Å²) in [6.45, 7) is 6.83. The van der Waals surface area contributed by atoms with E-state index in [1.807, 2.05) is 24.4 Å². The van der Waals surface area contributed by atoms with E-state index < -0.39 is 17.9 Å². The lowest BCUT2D eigenvalue weighted by atomic mass is 9.84. The third kappa shape index (κ3) is 4.07. The van der Waals surface area contributed by atoms with E-state index in [1.165, 1.54) is 11.3 Å². The van der Waals surface area contributed by atoms with E-state index in [9.17, 15) is 9.59 Å². The molecule has 0 bridgehead atoms. The van der Waals surface area contributed by atoms with Crippen LogP contribution in [0, 0.1) is 0 Å². The van der Waals surface area contributed by atoms with E-state index in [-0.39, 0.29) is 18.6 Å². The van der Waals surface area contributed by atoms with Crippen LogP contribution in [0.3, 0.4) is 0 Å². The maximum Gasteiger partial charge on any atom is 0.336 e. The molecule has 1 aromatic heterocycles. The standard InChI is InChI=1S/C19H24N2O4S2/c1-4-24-18(22)13-11(3)21-16(17-20-8-10-27-17)15(19(23)25-5-2)14(13)12-7-6-9-26-12/h6-7,9,14,17,20-21H,4-5,8,10H2,1-3H3/t14-,17+/m1/s1. The van der Waals surface area contributed by atoms with E-state index in [4.69, 9.17) is 9.47 Å². The average molecular weight is 409 g/mol. The smallest absolute Gasteiger partial charge is 0.336 e. The number of thiophene rings is 1. The number of thioether (sulfide) groups is 1. The maximum absolute atomic E-state index is 13.0. The number of esters is 2. The van der Waals surface area contributed by atoms with Crippen LogP contribution in [0.15, 0.2) is 40.1 Å². The van der Waals surface area contributed by atoms with Crippen LogP contribution in [0.1, 0.15) is 31.6 Å². The molecule has 0 aliphatic carbocycles. The number of carbonyl (C=O) groups is 2. The van der Waals surface area contributed by atoms with Gasteiger partial charge in [0.05, 0.1) is 41.3 Å². The van der Waals surface area contributed by atoms with Crippen LogP contribution in [-0.4, -0.2) is 42.8 Å². The first kappa shape index (κ1) is 20.0. The van der Waals surface area contributed by atoms with Gasteiger partial charge in [-0.05, 0) is 32.2 Å². The zero-order chi connectivity index (χ0) is 19.4. The van der Waals surface area contributed by atoms with E-state index in [2.05, 4.69) is 10.6 Å². The molecule has 146 valence electrons. The van der Waals surface area contributed by atoms with Gasteiger partial charge in [0.15, 0.2) is 0 Å². The lowest BCUT2D eigenvalue weighted by Crippen LogP contribution is -2.39. The molecule has 0 amide bonds. The summed E-state index contributed by atoms with van der Waals surface area (Å²) >= 11 is 3.25. The number of hydrogen-bond donors (Lipinski definition) is 2. The molecule has 27 heavy (non-hydrogen) atoms. The molecule has 3 heterocycles. The number of nitrogens with one attached hydrogen (secondary N) is 2. The van der Waals surface area contributed by atoms with Crippen LogP contribution in [0.4, 0.5) is 0 Å². The highest BCUT2D eigenvalue weighted by Gasteiger charge is 2.41. The molecule has 1 saturated heterocycles. The molecular weight excluding hydrogens is 384 g/mol. The predicted molar refractivity (Wildman–Crippen MR) is 107 cm³/mol. The van der Waals surface area contributed by atoms with Crippen LogP contribution in [-0.2, 0) is 19.1 Å². The molecule has 0 radical (unpaired) electrons. The maximum atomic E-state index is 13.0. The Morgan fingerprint density at radius 1 is 1.19 bits per heavy atom. The fraction of sp³-hybridized carbons (Fsp3) is 0.474. The van der Waals surface area contributed by atoms with Crippen molar-refractivity contribution in [3.63, 3.8) is 0 Å². The van der Waals surface area contributed by atoms with E-state index in [0.717, 1.165) is 22.9 Å². The van der Waals surface area contributed by atoms with Crippen molar-refractivity contribution < 1.29 is 19.1 Å². The lowest BCUT2D eigenvalue weighted by Gasteiger charge is -2.32. The SMILES string of the molecule is CCOC(=O)C1=C(C)NC([C@H]2NCCS2)=C(C(=O)OCC)[C@@H]1c1cccs1. The van der Waals surface area contributed by atoms with Crippen LogP contribution < -0.4 is 10.6 Å². The highest BCUT2D eigenvalue weighted by Crippen LogP contribution is 2.43. The first-order chi connectivity index (χ1) is 13.1. The third-order valence-corrected chi connectivity index (χ3v) is 6.50. The number of dihydropyridines is 1. The van der Waals surface area contributed by atoms with Gasteiger partial charge >= 0.3 is 11.9 Å². The quantitative estimate of drug-likeness (QED) is 0.701. The third-order valence-electron chi connectivity index (χ3n) is 4.39. The summed E-state index contributed by atoms with van der Waals surface area (Å²) in [6, 6.07) is 3.87. The molecule has 2 atom stereocenters. The van der Waals surface area contributed by atoms with Gasteiger partial charge in [-0.25, -0.2) is 9.59 Å². The number of allylic oxidation sites excluding steroid dienone is 1. The normalized spacial score (nSPS) is 22.6.